The number of hydrogen-bond acceptors (Lipinski definition) is 2. The van der Waals surface area contributed by atoms with Crippen molar-refractivity contribution in [3.05, 3.63) is 28.0 Å². The monoisotopic (exact) mass is 262 g/mol. The van der Waals surface area contributed by atoms with Crippen molar-refractivity contribution in [1.82, 2.24) is 0 Å². The van der Waals surface area contributed by atoms with Crippen molar-refractivity contribution in [2.45, 2.75) is 19.4 Å². The maximum Gasteiger partial charge on any atom is 0.144 e. The molecule has 4 heteroatoms. The zero-order chi connectivity index (χ0) is 10.7. The number of aliphatic hydroxyl groups is 1. The van der Waals surface area contributed by atoms with Crippen LogP contribution in [-0.4, -0.2) is 18.3 Å². The highest BCUT2D eigenvalue weighted by Gasteiger charge is 2.12. The van der Waals surface area contributed by atoms with E-state index in [9.17, 15) is 4.39 Å². The SMILES string of the molecule is COc1ccc(CC(C)O)c(F)c1Br. The number of aliphatic hydroxyl groups excluding tert-OH is 1. The molecule has 14 heavy (non-hydrogen) atoms. The Morgan fingerprint density at radius 2 is 2.21 bits per heavy atom. The Hall–Kier alpha value is -0.610. The summed E-state index contributed by atoms with van der Waals surface area (Å²) in [5.74, 6) is 0.0853. The second kappa shape index (κ2) is 4.75. The van der Waals surface area contributed by atoms with Gasteiger partial charge >= 0.3 is 0 Å². The summed E-state index contributed by atoms with van der Waals surface area (Å²) in [6, 6.07) is 3.29. The highest BCUT2D eigenvalue weighted by atomic mass is 79.9. The molecule has 1 rings (SSSR count). The van der Waals surface area contributed by atoms with Crippen molar-refractivity contribution < 1.29 is 14.2 Å². The minimum absolute atomic E-state index is 0.300. The third-order valence-corrected chi connectivity index (χ3v) is 2.60. The van der Waals surface area contributed by atoms with Crippen LogP contribution in [0.3, 0.4) is 0 Å². The summed E-state index contributed by atoms with van der Waals surface area (Å²) in [6.45, 7) is 1.62. The van der Waals surface area contributed by atoms with E-state index in [1.165, 1.54) is 7.11 Å². The topological polar surface area (TPSA) is 29.5 Å². The van der Waals surface area contributed by atoms with Gasteiger partial charge in [0, 0.05) is 6.42 Å². The fraction of sp³-hybridized carbons (Fsp3) is 0.400. The first-order valence-electron chi connectivity index (χ1n) is 4.25. The van der Waals surface area contributed by atoms with Crippen LogP contribution in [0.4, 0.5) is 4.39 Å². The molecule has 1 unspecified atom stereocenters. The van der Waals surface area contributed by atoms with Crippen molar-refractivity contribution in [3.63, 3.8) is 0 Å². The maximum absolute atomic E-state index is 13.6. The predicted octanol–water partition coefficient (Wildman–Crippen LogP) is 2.52. The fourth-order valence-electron chi connectivity index (χ4n) is 1.21. The summed E-state index contributed by atoms with van der Waals surface area (Å²) < 4.78 is 18.8. The van der Waals surface area contributed by atoms with Crippen LogP contribution < -0.4 is 4.74 Å². The molecule has 1 N–H and O–H groups in total. The summed E-state index contributed by atoms with van der Waals surface area (Å²) in [7, 11) is 1.48. The highest BCUT2D eigenvalue weighted by molar-refractivity contribution is 9.10. The lowest BCUT2D eigenvalue weighted by Crippen LogP contribution is -2.06. The number of hydrogen-bond donors (Lipinski definition) is 1. The van der Waals surface area contributed by atoms with E-state index < -0.39 is 6.10 Å². The van der Waals surface area contributed by atoms with Gasteiger partial charge in [-0.05, 0) is 34.5 Å². The lowest BCUT2D eigenvalue weighted by molar-refractivity contribution is 0.194. The van der Waals surface area contributed by atoms with Crippen molar-refractivity contribution >= 4 is 15.9 Å². The van der Waals surface area contributed by atoms with Gasteiger partial charge in [-0.1, -0.05) is 6.07 Å². The van der Waals surface area contributed by atoms with Crippen LogP contribution in [-0.2, 0) is 6.42 Å². The summed E-state index contributed by atoms with van der Waals surface area (Å²) >= 11 is 3.10. The maximum atomic E-state index is 13.6. The zero-order valence-electron chi connectivity index (χ0n) is 8.05. The third kappa shape index (κ3) is 2.45. The van der Waals surface area contributed by atoms with Crippen LogP contribution in [0, 0.1) is 5.82 Å². The molecule has 0 amide bonds. The van der Waals surface area contributed by atoms with Gasteiger partial charge in [-0.2, -0.15) is 0 Å². The molecule has 0 fully saturated rings. The van der Waals surface area contributed by atoms with Crippen LogP contribution in [0.1, 0.15) is 12.5 Å². The molecule has 0 heterocycles. The minimum Gasteiger partial charge on any atom is -0.495 e. The van der Waals surface area contributed by atoms with E-state index in [0.717, 1.165) is 0 Å². The first kappa shape index (κ1) is 11.5. The standard InChI is InChI=1S/C10H12BrFO2/c1-6(13)5-7-3-4-8(14-2)9(11)10(7)12/h3-4,6,13H,5H2,1-2H3. The molecule has 0 bridgehead atoms. The van der Waals surface area contributed by atoms with Crippen LogP contribution in [0.2, 0.25) is 0 Å². The first-order chi connectivity index (χ1) is 6.56. The summed E-state index contributed by atoms with van der Waals surface area (Å²) in [4.78, 5) is 0. The zero-order valence-corrected chi connectivity index (χ0v) is 9.64. The van der Waals surface area contributed by atoms with Crippen LogP contribution in [0.5, 0.6) is 5.75 Å². The molecule has 1 aromatic rings. The van der Waals surface area contributed by atoms with Crippen molar-refractivity contribution in [2.75, 3.05) is 7.11 Å². The Balaban J connectivity index is 3.04. The second-order valence-electron chi connectivity index (χ2n) is 3.11. The predicted molar refractivity (Wildman–Crippen MR) is 56.0 cm³/mol. The van der Waals surface area contributed by atoms with Crippen molar-refractivity contribution in [1.29, 1.82) is 0 Å². The van der Waals surface area contributed by atoms with Gasteiger partial charge in [-0.25, -0.2) is 4.39 Å². The van der Waals surface area contributed by atoms with E-state index in [1.54, 1.807) is 19.1 Å². The number of methoxy groups -OCH3 is 1. The average Bonchev–Trinajstić information content (AvgIpc) is 2.13. The lowest BCUT2D eigenvalue weighted by Gasteiger charge is -2.09. The van der Waals surface area contributed by atoms with Gasteiger partial charge in [-0.15, -0.1) is 0 Å². The molecule has 0 saturated carbocycles. The van der Waals surface area contributed by atoms with E-state index in [4.69, 9.17) is 9.84 Å². The van der Waals surface area contributed by atoms with Crippen LogP contribution >= 0.6 is 15.9 Å². The van der Waals surface area contributed by atoms with Gasteiger partial charge < -0.3 is 9.84 Å². The van der Waals surface area contributed by atoms with Gasteiger partial charge in [0.25, 0.3) is 0 Å². The molecule has 0 aliphatic carbocycles. The number of ether oxygens (including phenoxy) is 1. The van der Waals surface area contributed by atoms with Gasteiger partial charge in [0.15, 0.2) is 0 Å². The molecule has 2 nitrogen and oxygen atoms in total. The average molecular weight is 263 g/mol. The molecule has 0 spiro atoms. The van der Waals surface area contributed by atoms with Gasteiger partial charge in [-0.3, -0.25) is 0 Å². The molecule has 0 aromatic heterocycles. The van der Waals surface area contributed by atoms with Crippen LogP contribution in [0.25, 0.3) is 0 Å². The van der Waals surface area contributed by atoms with E-state index in [1.807, 2.05) is 0 Å². The van der Waals surface area contributed by atoms with Gasteiger partial charge in [0.1, 0.15) is 11.6 Å². The van der Waals surface area contributed by atoms with E-state index in [-0.39, 0.29) is 5.82 Å². The number of halogens is 2. The number of benzene rings is 1. The highest BCUT2D eigenvalue weighted by Crippen LogP contribution is 2.30. The van der Waals surface area contributed by atoms with Crippen molar-refractivity contribution in [3.8, 4) is 5.75 Å². The Morgan fingerprint density at radius 3 is 2.71 bits per heavy atom. The summed E-state index contributed by atoms with van der Waals surface area (Å²) in [6.07, 6.45) is -0.251. The minimum atomic E-state index is -0.551. The Labute approximate surface area is 90.8 Å². The molecule has 0 aliphatic heterocycles. The molecule has 78 valence electrons. The van der Waals surface area contributed by atoms with Crippen molar-refractivity contribution in [2.24, 2.45) is 0 Å². The normalized spacial score (nSPS) is 12.6. The molecule has 1 atom stereocenters. The van der Waals surface area contributed by atoms with E-state index in [2.05, 4.69) is 15.9 Å². The lowest BCUT2D eigenvalue weighted by atomic mass is 10.1. The fourth-order valence-corrected chi connectivity index (χ4v) is 1.75. The molecule has 0 saturated heterocycles. The third-order valence-electron chi connectivity index (χ3n) is 1.86. The molecule has 1 aromatic carbocycles. The Kier molecular flexibility index (Phi) is 3.89. The summed E-state index contributed by atoms with van der Waals surface area (Å²) in [5.41, 5.74) is 0.479. The van der Waals surface area contributed by atoms with E-state index in [0.29, 0.717) is 22.2 Å². The molecule has 0 radical (unpaired) electrons. The summed E-state index contributed by atoms with van der Waals surface area (Å²) in [5, 5.41) is 9.13. The first-order valence-corrected chi connectivity index (χ1v) is 5.04. The largest absolute Gasteiger partial charge is 0.495 e. The molecule has 0 aliphatic rings. The van der Waals surface area contributed by atoms with Crippen LogP contribution in [0.15, 0.2) is 16.6 Å². The van der Waals surface area contributed by atoms with E-state index >= 15 is 0 Å². The second-order valence-corrected chi connectivity index (χ2v) is 3.90. The Bertz CT molecular complexity index is 326. The quantitative estimate of drug-likeness (QED) is 0.907. The molecular weight excluding hydrogens is 251 g/mol. The smallest absolute Gasteiger partial charge is 0.144 e. The van der Waals surface area contributed by atoms with Gasteiger partial charge in [0.2, 0.25) is 0 Å². The molecular formula is C10H12BrFO2. The number of rotatable bonds is 3. The Morgan fingerprint density at radius 1 is 1.57 bits per heavy atom. The van der Waals surface area contributed by atoms with Gasteiger partial charge in [0.05, 0.1) is 17.7 Å².